The van der Waals surface area contributed by atoms with Gasteiger partial charge in [0.2, 0.25) is 0 Å². The molecule has 0 heterocycles. The molecule has 0 amide bonds. The molecule has 0 aliphatic carbocycles. The van der Waals surface area contributed by atoms with Crippen molar-refractivity contribution < 1.29 is 14.2 Å². The van der Waals surface area contributed by atoms with Crippen molar-refractivity contribution in [3.63, 3.8) is 0 Å². The quantitative estimate of drug-likeness (QED) is 0.712. The molecule has 0 atom stereocenters. The molecule has 0 saturated carbocycles. The van der Waals surface area contributed by atoms with Crippen LogP contribution in [0.25, 0.3) is 0 Å². The minimum atomic E-state index is 0. The van der Waals surface area contributed by atoms with E-state index in [0.29, 0.717) is 6.10 Å². The van der Waals surface area contributed by atoms with Gasteiger partial charge in [-0.05, 0) is 32.9 Å². The van der Waals surface area contributed by atoms with E-state index in [2.05, 4.69) is 19.2 Å². The van der Waals surface area contributed by atoms with Crippen LogP contribution in [0.1, 0.15) is 25.8 Å². The number of ether oxygens (including phenoxy) is 3. The molecule has 1 rings (SSSR count). The molecule has 0 aliphatic rings. The highest BCUT2D eigenvalue weighted by Crippen LogP contribution is 2.24. The second-order valence-electron chi connectivity index (χ2n) is 4.63. The van der Waals surface area contributed by atoms with Crippen LogP contribution in [0.3, 0.4) is 0 Å². The fourth-order valence-electron chi connectivity index (χ4n) is 1.74. The number of rotatable bonds is 9. The first kappa shape index (κ1) is 19.0. The van der Waals surface area contributed by atoms with Crippen molar-refractivity contribution in [3.8, 4) is 11.5 Å². The minimum absolute atomic E-state index is 0. The number of hydrogen-bond donors (Lipinski definition) is 1. The zero-order chi connectivity index (χ0) is 14.1. The Labute approximate surface area is 128 Å². The monoisotopic (exact) mass is 303 g/mol. The van der Waals surface area contributed by atoms with Gasteiger partial charge < -0.3 is 19.5 Å². The van der Waals surface area contributed by atoms with Crippen LogP contribution in [0.5, 0.6) is 11.5 Å². The van der Waals surface area contributed by atoms with Crippen LogP contribution in [0.15, 0.2) is 18.2 Å². The Hall–Kier alpha value is -0.970. The largest absolute Gasteiger partial charge is 0.497 e. The molecule has 0 aromatic heterocycles. The summed E-state index contributed by atoms with van der Waals surface area (Å²) in [7, 11) is 3.33. The molecule has 0 bridgehead atoms. The topological polar surface area (TPSA) is 39.7 Å². The molecule has 0 spiro atoms. The highest BCUT2D eigenvalue weighted by Gasteiger charge is 2.04. The Morgan fingerprint density at radius 2 is 1.90 bits per heavy atom. The molecule has 1 aromatic rings. The van der Waals surface area contributed by atoms with Gasteiger partial charge >= 0.3 is 0 Å². The molecule has 0 radical (unpaired) electrons. The van der Waals surface area contributed by atoms with E-state index in [1.807, 2.05) is 18.2 Å². The number of halogens is 1. The summed E-state index contributed by atoms with van der Waals surface area (Å²) in [4.78, 5) is 0. The Bertz CT molecular complexity index is 372. The summed E-state index contributed by atoms with van der Waals surface area (Å²) in [5.41, 5.74) is 1.13. The summed E-state index contributed by atoms with van der Waals surface area (Å²) < 4.78 is 16.0. The smallest absolute Gasteiger partial charge is 0.127 e. The molecule has 0 fully saturated rings. The van der Waals surface area contributed by atoms with E-state index >= 15 is 0 Å². The van der Waals surface area contributed by atoms with Gasteiger partial charge in [-0.1, -0.05) is 6.07 Å². The molecular formula is C15H26ClNO3. The molecular weight excluding hydrogens is 278 g/mol. The number of methoxy groups -OCH3 is 2. The van der Waals surface area contributed by atoms with Crippen LogP contribution < -0.4 is 14.8 Å². The summed E-state index contributed by atoms with van der Waals surface area (Å²) in [6, 6.07) is 5.87. The average molecular weight is 304 g/mol. The predicted molar refractivity (Wildman–Crippen MR) is 84.2 cm³/mol. The van der Waals surface area contributed by atoms with Crippen molar-refractivity contribution >= 4 is 12.4 Å². The third-order valence-corrected chi connectivity index (χ3v) is 2.76. The first-order valence-electron chi connectivity index (χ1n) is 6.70. The third kappa shape index (κ3) is 6.98. The average Bonchev–Trinajstić information content (AvgIpc) is 2.42. The molecule has 1 aromatic carbocycles. The van der Waals surface area contributed by atoms with Crippen molar-refractivity contribution in [3.05, 3.63) is 23.8 Å². The fourth-order valence-corrected chi connectivity index (χ4v) is 1.74. The van der Waals surface area contributed by atoms with E-state index in [1.165, 1.54) is 0 Å². The van der Waals surface area contributed by atoms with Crippen LogP contribution >= 0.6 is 12.4 Å². The normalized spacial score (nSPS) is 10.2. The van der Waals surface area contributed by atoms with E-state index in [9.17, 15) is 0 Å². The maximum absolute atomic E-state index is 5.49. The van der Waals surface area contributed by atoms with Crippen molar-refractivity contribution in [2.24, 2.45) is 0 Å². The highest BCUT2D eigenvalue weighted by atomic mass is 35.5. The lowest BCUT2D eigenvalue weighted by atomic mass is 10.2. The molecule has 1 N–H and O–H groups in total. The molecule has 4 nitrogen and oxygen atoms in total. The van der Waals surface area contributed by atoms with Gasteiger partial charge in [0, 0.05) is 24.8 Å². The van der Waals surface area contributed by atoms with Crippen molar-refractivity contribution in [1.82, 2.24) is 5.32 Å². The fraction of sp³-hybridized carbons (Fsp3) is 0.600. The summed E-state index contributed by atoms with van der Waals surface area (Å²) in [5.74, 6) is 1.66. The summed E-state index contributed by atoms with van der Waals surface area (Å²) >= 11 is 0. The van der Waals surface area contributed by atoms with Gasteiger partial charge in [-0.2, -0.15) is 0 Å². The van der Waals surface area contributed by atoms with Gasteiger partial charge in [-0.15, -0.1) is 12.4 Å². The van der Waals surface area contributed by atoms with E-state index in [4.69, 9.17) is 14.2 Å². The van der Waals surface area contributed by atoms with Crippen LogP contribution in [0, 0.1) is 0 Å². The zero-order valence-corrected chi connectivity index (χ0v) is 13.6. The lowest BCUT2D eigenvalue weighted by Gasteiger charge is -2.12. The minimum Gasteiger partial charge on any atom is -0.497 e. The summed E-state index contributed by atoms with van der Waals surface area (Å²) in [5, 5.41) is 3.39. The molecule has 5 heteroatoms. The van der Waals surface area contributed by atoms with E-state index in [0.717, 1.165) is 43.2 Å². The number of benzene rings is 1. The lowest BCUT2D eigenvalue weighted by molar-refractivity contribution is 0.0770. The molecule has 0 unspecified atom stereocenters. The Morgan fingerprint density at radius 3 is 2.50 bits per heavy atom. The summed E-state index contributed by atoms with van der Waals surface area (Å²) in [6.07, 6.45) is 1.32. The lowest BCUT2D eigenvalue weighted by Crippen LogP contribution is -2.17. The maximum Gasteiger partial charge on any atom is 0.127 e. The second-order valence-corrected chi connectivity index (χ2v) is 4.63. The van der Waals surface area contributed by atoms with Crippen molar-refractivity contribution in [2.75, 3.05) is 27.4 Å². The first-order chi connectivity index (χ1) is 9.17. The zero-order valence-electron chi connectivity index (χ0n) is 12.8. The van der Waals surface area contributed by atoms with Crippen LogP contribution in [-0.4, -0.2) is 33.5 Å². The van der Waals surface area contributed by atoms with Gasteiger partial charge in [0.15, 0.2) is 0 Å². The Kier molecular flexibility index (Phi) is 10.3. The van der Waals surface area contributed by atoms with Crippen molar-refractivity contribution in [1.29, 1.82) is 0 Å². The number of hydrogen-bond acceptors (Lipinski definition) is 4. The van der Waals surface area contributed by atoms with Crippen LogP contribution in [-0.2, 0) is 11.3 Å². The van der Waals surface area contributed by atoms with E-state index in [-0.39, 0.29) is 12.4 Å². The molecule has 116 valence electrons. The predicted octanol–water partition coefficient (Wildman–Crippen LogP) is 3.03. The number of nitrogens with one attached hydrogen (secondary N) is 1. The molecule has 20 heavy (non-hydrogen) atoms. The SMILES string of the molecule is COc1ccc(CNCCCOC(C)C)c(OC)c1.Cl. The summed E-state index contributed by atoms with van der Waals surface area (Å²) in [6.45, 7) is 6.62. The molecule has 0 aliphatic heterocycles. The van der Waals surface area contributed by atoms with Gasteiger partial charge in [-0.25, -0.2) is 0 Å². The van der Waals surface area contributed by atoms with Gasteiger partial charge in [0.05, 0.1) is 20.3 Å². The Morgan fingerprint density at radius 1 is 1.15 bits per heavy atom. The Balaban J connectivity index is 0.00000361. The van der Waals surface area contributed by atoms with Gasteiger partial charge in [0.1, 0.15) is 11.5 Å². The van der Waals surface area contributed by atoms with Crippen molar-refractivity contribution in [2.45, 2.75) is 32.9 Å². The standard InChI is InChI=1S/C15H25NO3.ClH/c1-12(2)19-9-5-8-16-11-13-6-7-14(17-3)10-15(13)18-4;/h6-7,10,12,16H,5,8-9,11H2,1-4H3;1H. The first-order valence-corrected chi connectivity index (χ1v) is 6.70. The van der Waals surface area contributed by atoms with E-state index in [1.54, 1.807) is 14.2 Å². The van der Waals surface area contributed by atoms with Gasteiger partial charge in [0.25, 0.3) is 0 Å². The van der Waals surface area contributed by atoms with Gasteiger partial charge in [-0.3, -0.25) is 0 Å². The molecule has 0 saturated heterocycles. The van der Waals surface area contributed by atoms with Crippen LogP contribution in [0.2, 0.25) is 0 Å². The second kappa shape index (κ2) is 10.8. The van der Waals surface area contributed by atoms with E-state index < -0.39 is 0 Å². The third-order valence-electron chi connectivity index (χ3n) is 2.76. The van der Waals surface area contributed by atoms with Crippen LogP contribution in [0.4, 0.5) is 0 Å². The highest BCUT2D eigenvalue weighted by molar-refractivity contribution is 5.85. The maximum atomic E-state index is 5.49.